The highest BCUT2D eigenvalue weighted by Crippen LogP contribution is 2.26. The summed E-state index contributed by atoms with van der Waals surface area (Å²) in [5, 5.41) is 3.70. The van der Waals surface area contributed by atoms with Crippen LogP contribution >= 0.6 is 23.4 Å². The largest absolute Gasteiger partial charge is 0.352 e. The third-order valence-electron chi connectivity index (χ3n) is 4.96. The fourth-order valence-corrected chi connectivity index (χ4v) is 4.87. The second kappa shape index (κ2) is 8.93. The number of thioether (sulfide) groups is 1. The van der Waals surface area contributed by atoms with E-state index in [-0.39, 0.29) is 5.91 Å². The summed E-state index contributed by atoms with van der Waals surface area (Å²) < 4.78 is 0. The van der Waals surface area contributed by atoms with Crippen LogP contribution in [-0.2, 0) is 4.79 Å². The second-order valence-corrected chi connectivity index (χ2v) is 8.15. The quantitative estimate of drug-likeness (QED) is 0.809. The van der Waals surface area contributed by atoms with Gasteiger partial charge < -0.3 is 5.32 Å². The highest BCUT2D eigenvalue weighted by atomic mass is 35.5. The molecule has 2 heterocycles. The van der Waals surface area contributed by atoms with E-state index in [1.54, 1.807) is 12.2 Å². The number of likely N-dealkylation sites (tertiary alicyclic amines) is 1. The normalized spacial score (nSPS) is 23.0. The summed E-state index contributed by atoms with van der Waals surface area (Å²) in [5.41, 5.74) is 0.872. The summed E-state index contributed by atoms with van der Waals surface area (Å²) in [4.78, 5) is 14.6. The molecule has 0 aromatic heterocycles. The van der Waals surface area contributed by atoms with Crippen molar-refractivity contribution >= 4 is 35.3 Å². The standard InChI is InChI=1S/C19H25ClN2OS/c20-18-4-2-1-3-16(18)5-6-19(23)21-13-15-7-10-22(11-8-15)17-9-12-24-14-17/h1-6,15,17H,7-14H2,(H,21,23)/b6-5+/t17-/m1/s1. The second-order valence-electron chi connectivity index (χ2n) is 6.60. The molecule has 1 aromatic rings. The zero-order chi connectivity index (χ0) is 16.8. The molecule has 0 bridgehead atoms. The van der Waals surface area contributed by atoms with E-state index in [2.05, 4.69) is 22.0 Å². The van der Waals surface area contributed by atoms with Crippen molar-refractivity contribution in [1.29, 1.82) is 0 Å². The van der Waals surface area contributed by atoms with E-state index in [4.69, 9.17) is 11.6 Å². The number of nitrogens with one attached hydrogen (secondary N) is 1. The number of hydrogen-bond donors (Lipinski definition) is 1. The highest BCUT2D eigenvalue weighted by Gasteiger charge is 2.27. The molecule has 1 N–H and O–H groups in total. The van der Waals surface area contributed by atoms with Crippen LogP contribution in [0.15, 0.2) is 30.3 Å². The molecule has 5 heteroatoms. The van der Waals surface area contributed by atoms with Crippen molar-refractivity contribution in [3.05, 3.63) is 40.9 Å². The number of amides is 1. The molecule has 0 unspecified atom stereocenters. The predicted molar refractivity (Wildman–Crippen MR) is 104 cm³/mol. The molecule has 1 atom stereocenters. The maximum Gasteiger partial charge on any atom is 0.244 e. The lowest BCUT2D eigenvalue weighted by Crippen LogP contribution is -2.43. The molecule has 2 saturated heterocycles. The lowest BCUT2D eigenvalue weighted by atomic mass is 9.95. The van der Waals surface area contributed by atoms with Crippen LogP contribution in [0, 0.1) is 5.92 Å². The van der Waals surface area contributed by atoms with E-state index in [1.165, 1.54) is 43.9 Å². The summed E-state index contributed by atoms with van der Waals surface area (Å²) >= 11 is 8.16. The highest BCUT2D eigenvalue weighted by molar-refractivity contribution is 7.99. The van der Waals surface area contributed by atoms with Crippen LogP contribution in [0.3, 0.4) is 0 Å². The fraction of sp³-hybridized carbons (Fsp3) is 0.526. The van der Waals surface area contributed by atoms with Gasteiger partial charge in [-0.2, -0.15) is 11.8 Å². The number of carbonyl (C=O) groups excluding carboxylic acids is 1. The Morgan fingerprint density at radius 1 is 1.29 bits per heavy atom. The van der Waals surface area contributed by atoms with E-state index in [0.717, 1.165) is 18.2 Å². The molecular formula is C19H25ClN2OS. The maximum absolute atomic E-state index is 12.0. The Bertz CT molecular complexity index is 578. The topological polar surface area (TPSA) is 32.3 Å². The first-order valence-electron chi connectivity index (χ1n) is 8.74. The SMILES string of the molecule is O=C(/C=C/c1ccccc1Cl)NCC1CCN([C@@H]2CCSC2)CC1. The Kier molecular flexibility index (Phi) is 6.64. The van der Waals surface area contributed by atoms with Crippen molar-refractivity contribution in [2.24, 2.45) is 5.92 Å². The fourth-order valence-electron chi connectivity index (χ4n) is 3.41. The molecule has 3 nitrogen and oxygen atoms in total. The van der Waals surface area contributed by atoms with Gasteiger partial charge in [-0.3, -0.25) is 9.69 Å². The predicted octanol–water partition coefficient (Wildman–Crippen LogP) is 3.69. The summed E-state index contributed by atoms with van der Waals surface area (Å²) in [6.45, 7) is 3.14. The van der Waals surface area contributed by atoms with Gasteiger partial charge in [0.2, 0.25) is 5.91 Å². The van der Waals surface area contributed by atoms with Crippen LogP contribution in [0.25, 0.3) is 6.08 Å². The van der Waals surface area contributed by atoms with Crippen molar-refractivity contribution in [1.82, 2.24) is 10.2 Å². The van der Waals surface area contributed by atoms with Crippen molar-refractivity contribution in [2.45, 2.75) is 25.3 Å². The number of hydrogen-bond acceptors (Lipinski definition) is 3. The zero-order valence-corrected chi connectivity index (χ0v) is 15.5. The molecule has 0 saturated carbocycles. The Morgan fingerprint density at radius 2 is 2.08 bits per heavy atom. The molecule has 2 fully saturated rings. The van der Waals surface area contributed by atoms with E-state index in [0.29, 0.717) is 10.9 Å². The van der Waals surface area contributed by atoms with Crippen molar-refractivity contribution < 1.29 is 4.79 Å². The molecule has 1 amide bonds. The Balaban J connectivity index is 1.38. The molecular weight excluding hydrogens is 340 g/mol. The monoisotopic (exact) mass is 364 g/mol. The lowest BCUT2D eigenvalue weighted by Gasteiger charge is -2.35. The van der Waals surface area contributed by atoms with Crippen LogP contribution in [-0.4, -0.2) is 48.0 Å². The first kappa shape index (κ1) is 17.8. The molecule has 2 aliphatic rings. The van der Waals surface area contributed by atoms with Crippen LogP contribution in [0.1, 0.15) is 24.8 Å². The van der Waals surface area contributed by atoms with E-state index in [9.17, 15) is 4.79 Å². The van der Waals surface area contributed by atoms with Gasteiger partial charge in [0.05, 0.1) is 0 Å². The third-order valence-corrected chi connectivity index (χ3v) is 6.44. The molecule has 3 rings (SSSR count). The lowest BCUT2D eigenvalue weighted by molar-refractivity contribution is -0.116. The van der Waals surface area contributed by atoms with Crippen molar-refractivity contribution in [3.63, 3.8) is 0 Å². The molecule has 0 spiro atoms. The Hall–Kier alpha value is -0.970. The first-order valence-corrected chi connectivity index (χ1v) is 10.3. The average Bonchev–Trinajstić information content (AvgIpc) is 3.14. The molecule has 0 aliphatic carbocycles. The Morgan fingerprint density at radius 3 is 2.79 bits per heavy atom. The molecule has 2 aliphatic heterocycles. The van der Waals surface area contributed by atoms with Crippen LogP contribution in [0.4, 0.5) is 0 Å². The van der Waals surface area contributed by atoms with Gasteiger partial charge in [-0.15, -0.1) is 0 Å². The van der Waals surface area contributed by atoms with Crippen molar-refractivity contribution in [2.75, 3.05) is 31.1 Å². The van der Waals surface area contributed by atoms with Gasteiger partial charge in [-0.1, -0.05) is 29.8 Å². The molecule has 24 heavy (non-hydrogen) atoms. The number of nitrogens with zero attached hydrogens (tertiary/aromatic N) is 1. The number of piperidine rings is 1. The van der Waals surface area contributed by atoms with E-state index < -0.39 is 0 Å². The maximum atomic E-state index is 12.0. The summed E-state index contributed by atoms with van der Waals surface area (Å²) in [7, 11) is 0. The van der Waals surface area contributed by atoms with Crippen LogP contribution < -0.4 is 5.32 Å². The third kappa shape index (κ3) is 5.01. The minimum atomic E-state index is -0.0375. The van der Waals surface area contributed by atoms with Gasteiger partial charge in [-0.25, -0.2) is 0 Å². The first-order chi connectivity index (χ1) is 11.7. The van der Waals surface area contributed by atoms with Crippen LogP contribution in [0.2, 0.25) is 5.02 Å². The van der Waals surface area contributed by atoms with E-state index in [1.807, 2.05) is 24.3 Å². The minimum absolute atomic E-state index is 0.0375. The minimum Gasteiger partial charge on any atom is -0.352 e. The summed E-state index contributed by atoms with van der Waals surface area (Å²) in [6, 6.07) is 8.33. The van der Waals surface area contributed by atoms with Crippen LogP contribution in [0.5, 0.6) is 0 Å². The van der Waals surface area contributed by atoms with Gasteiger partial charge in [-0.05, 0) is 61.7 Å². The summed E-state index contributed by atoms with van der Waals surface area (Å²) in [5.74, 6) is 3.18. The smallest absolute Gasteiger partial charge is 0.244 e. The number of carbonyl (C=O) groups is 1. The zero-order valence-electron chi connectivity index (χ0n) is 13.9. The number of halogens is 1. The van der Waals surface area contributed by atoms with Gasteiger partial charge in [0, 0.05) is 29.4 Å². The van der Waals surface area contributed by atoms with Gasteiger partial charge in [0.15, 0.2) is 0 Å². The number of benzene rings is 1. The summed E-state index contributed by atoms with van der Waals surface area (Å²) in [6.07, 6.45) is 7.08. The molecule has 0 radical (unpaired) electrons. The Labute approximate surface area is 153 Å². The van der Waals surface area contributed by atoms with E-state index >= 15 is 0 Å². The van der Waals surface area contributed by atoms with Crippen molar-refractivity contribution in [3.8, 4) is 0 Å². The van der Waals surface area contributed by atoms with Gasteiger partial charge in [0.1, 0.15) is 0 Å². The molecule has 1 aromatic carbocycles. The number of rotatable bonds is 5. The van der Waals surface area contributed by atoms with Gasteiger partial charge in [0.25, 0.3) is 0 Å². The van der Waals surface area contributed by atoms with Gasteiger partial charge >= 0.3 is 0 Å². The average molecular weight is 365 g/mol. The molecule has 130 valence electrons.